The minimum atomic E-state index is -0.693. The molecule has 0 aromatic heterocycles. The van der Waals surface area contributed by atoms with E-state index in [1.165, 1.54) is 0 Å². The summed E-state index contributed by atoms with van der Waals surface area (Å²) < 4.78 is 0. The van der Waals surface area contributed by atoms with Crippen LogP contribution < -0.4 is 0 Å². The maximum absolute atomic E-state index is 10.4. The fraction of sp³-hybridized carbons (Fsp3) is 0.909. The van der Waals surface area contributed by atoms with E-state index < -0.39 is 5.97 Å². The van der Waals surface area contributed by atoms with Gasteiger partial charge in [0.15, 0.2) is 0 Å². The Morgan fingerprint density at radius 3 is 2.53 bits per heavy atom. The summed E-state index contributed by atoms with van der Waals surface area (Å²) in [6, 6.07) is 0.510. The molecular weight excluding hydrogens is 210 g/mol. The number of carboxylic acids is 1. The number of carboxylic acid groups (broad SMARTS) is 1. The fourth-order valence-corrected chi connectivity index (χ4v) is 2.04. The number of hydrogen-bond donors (Lipinski definition) is 1. The topological polar surface area (TPSA) is 40.5 Å². The van der Waals surface area contributed by atoms with E-state index in [9.17, 15) is 4.79 Å². The Hall–Kier alpha value is -0.220. The van der Waals surface area contributed by atoms with Gasteiger partial charge in [-0.25, -0.2) is 0 Å². The minimum Gasteiger partial charge on any atom is -0.481 e. The molecule has 0 radical (unpaired) electrons. The van der Waals surface area contributed by atoms with Gasteiger partial charge in [-0.15, -0.1) is 0 Å². The van der Waals surface area contributed by atoms with Crippen LogP contribution in [0.15, 0.2) is 0 Å². The second-order valence-electron chi connectivity index (χ2n) is 3.82. The van der Waals surface area contributed by atoms with Gasteiger partial charge in [-0.2, -0.15) is 11.8 Å². The lowest BCUT2D eigenvalue weighted by molar-refractivity contribution is -0.137. The largest absolute Gasteiger partial charge is 0.481 e. The Balaban J connectivity index is 3.68. The molecule has 0 saturated heterocycles. The Bertz CT molecular complexity index is 174. The smallest absolute Gasteiger partial charge is 0.303 e. The van der Waals surface area contributed by atoms with Crippen molar-refractivity contribution in [2.24, 2.45) is 0 Å². The Morgan fingerprint density at radius 1 is 1.40 bits per heavy atom. The molecule has 0 bridgehead atoms. The highest BCUT2D eigenvalue weighted by molar-refractivity contribution is 7.99. The molecule has 0 rings (SSSR count). The van der Waals surface area contributed by atoms with E-state index in [1.807, 2.05) is 11.8 Å². The van der Waals surface area contributed by atoms with Gasteiger partial charge in [0.05, 0.1) is 0 Å². The molecule has 0 atom stereocenters. The van der Waals surface area contributed by atoms with Gasteiger partial charge in [0, 0.05) is 24.8 Å². The van der Waals surface area contributed by atoms with Crippen LogP contribution in [0.4, 0.5) is 0 Å². The first-order valence-electron chi connectivity index (χ1n) is 5.61. The van der Waals surface area contributed by atoms with Gasteiger partial charge in [-0.1, -0.05) is 6.92 Å². The summed E-state index contributed by atoms with van der Waals surface area (Å²) in [5, 5.41) is 8.56. The van der Waals surface area contributed by atoms with Crippen molar-refractivity contribution in [3.63, 3.8) is 0 Å². The van der Waals surface area contributed by atoms with Crippen molar-refractivity contribution in [1.29, 1.82) is 0 Å². The van der Waals surface area contributed by atoms with Crippen LogP contribution in [-0.2, 0) is 4.79 Å². The summed E-state index contributed by atoms with van der Waals surface area (Å²) in [5.74, 6) is 1.60. The van der Waals surface area contributed by atoms with E-state index in [-0.39, 0.29) is 6.42 Å². The summed E-state index contributed by atoms with van der Waals surface area (Å²) in [6.45, 7) is 8.45. The first kappa shape index (κ1) is 14.8. The third kappa shape index (κ3) is 8.75. The molecule has 0 aromatic carbocycles. The van der Waals surface area contributed by atoms with Crippen molar-refractivity contribution >= 4 is 17.7 Å². The van der Waals surface area contributed by atoms with Gasteiger partial charge in [-0.3, -0.25) is 4.79 Å². The molecule has 0 spiro atoms. The summed E-state index contributed by atoms with van der Waals surface area (Å²) >= 11 is 1.94. The van der Waals surface area contributed by atoms with Crippen LogP contribution >= 0.6 is 11.8 Å². The molecule has 0 aliphatic rings. The highest BCUT2D eigenvalue weighted by Crippen LogP contribution is 2.05. The number of aliphatic carboxylic acids is 1. The highest BCUT2D eigenvalue weighted by atomic mass is 32.2. The summed E-state index contributed by atoms with van der Waals surface area (Å²) in [5.41, 5.74) is 0. The van der Waals surface area contributed by atoms with Crippen molar-refractivity contribution in [1.82, 2.24) is 4.90 Å². The molecule has 0 unspecified atom stereocenters. The maximum atomic E-state index is 10.4. The summed E-state index contributed by atoms with van der Waals surface area (Å²) in [7, 11) is 0. The predicted molar refractivity (Wildman–Crippen MR) is 66.6 cm³/mol. The van der Waals surface area contributed by atoms with Crippen LogP contribution in [0.25, 0.3) is 0 Å². The van der Waals surface area contributed by atoms with E-state index in [1.54, 1.807) is 0 Å². The minimum absolute atomic E-state index is 0.282. The molecule has 0 saturated carbocycles. The predicted octanol–water partition coefficient (Wildman–Crippen LogP) is 2.31. The fourth-order valence-electron chi connectivity index (χ4n) is 1.39. The van der Waals surface area contributed by atoms with Gasteiger partial charge in [0.2, 0.25) is 0 Å². The summed E-state index contributed by atoms with van der Waals surface area (Å²) in [6.07, 6.45) is 1.04. The molecule has 0 aromatic rings. The molecule has 1 N–H and O–H groups in total. The third-order valence-corrected chi connectivity index (χ3v) is 3.17. The van der Waals surface area contributed by atoms with Crippen molar-refractivity contribution in [3.05, 3.63) is 0 Å². The number of rotatable bonds is 9. The average Bonchev–Trinajstić information content (AvgIpc) is 2.15. The molecule has 0 aliphatic heterocycles. The number of carbonyl (C=O) groups is 1. The van der Waals surface area contributed by atoms with E-state index in [0.29, 0.717) is 6.04 Å². The first-order chi connectivity index (χ1) is 7.07. The van der Waals surface area contributed by atoms with Gasteiger partial charge < -0.3 is 10.0 Å². The number of thioether (sulfide) groups is 1. The molecule has 0 fully saturated rings. The Morgan fingerprint density at radius 2 is 2.07 bits per heavy atom. The zero-order valence-electron chi connectivity index (χ0n) is 10.0. The van der Waals surface area contributed by atoms with Crippen molar-refractivity contribution in [2.45, 2.75) is 39.7 Å². The Labute approximate surface area is 97.2 Å². The van der Waals surface area contributed by atoms with Crippen LogP contribution in [0.3, 0.4) is 0 Å². The lowest BCUT2D eigenvalue weighted by Crippen LogP contribution is -2.34. The van der Waals surface area contributed by atoms with Crippen molar-refractivity contribution < 1.29 is 9.90 Å². The average molecular weight is 233 g/mol. The van der Waals surface area contributed by atoms with Crippen LogP contribution in [0.2, 0.25) is 0 Å². The zero-order valence-corrected chi connectivity index (χ0v) is 10.8. The Kier molecular flexibility index (Phi) is 8.91. The van der Waals surface area contributed by atoms with Crippen LogP contribution in [-0.4, -0.2) is 46.6 Å². The molecule has 0 amide bonds. The second-order valence-corrected chi connectivity index (χ2v) is 5.22. The molecule has 4 heteroatoms. The highest BCUT2D eigenvalue weighted by Gasteiger charge is 2.09. The molecule has 0 heterocycles. The van der Waals surface area contributed by atoms with Gasteiger partial charge >= 0.3 is 5.97 Å². The molecule has 90 valence electrons. The maximum Gasteiger partial charge on any atom is 0.303 e. The monoisotopic (exact) mass is 233 g/mol. The second kappa shape index (κ2) is 9.04. The van der Waals surface area contributed by atoms with Crippen molar-refractivity contribution in [3.8, 4) is 0 Å². The van der Waals surface area contributed by atoms with Gasteiger partial charge in [0.25, 0.3) is 0 Å². The molecule has 15 heavy (non-hydrogen) atoms. The van der Waals surface area contributed by atoms with Crippen LogP contribution in [0.5, 0.6) is 0 Å². The van der Waals surface area contributed by atoms with Gasteiger partial charge in [0.1, 0.15) is 0 Å². The number of hydrogen-bond acceptors (Lipinski definition) is 3. The molecular formula is C11H23NO2S. The lowest BCUT2D eigenvalue weighted by Gasteiger charge is -2.25. The lowest BCUT2D eigenvalue weighted by atomic mass is 10.2. The first-order valence-corrected chi connectivity index (χ1v) is 6.77. The van der Waals surface area contributed by atoms with E-state index in [2.05, 4.69) is 25.7 Å². The zero-order chi connectivity index (χ0) is 11.7. The quantitative estimate of drug-likeness (QED) is 0.620. The molecule has 0 aliphatic carbocycles. The van der Waals surface area contributed by atoms with Crippen molar-refractivity contribution in [2.75, 3.05) is 24.6 Å². The number of nitrogens with zero attached hydrogens (tertiary/aromatic N) is 1. The SMILES string of the molecule is CCSCCN(CCCC(=O)O)C(C)C. The standard InChI is InChI=1S/C11H23NO2S/c1-4-15-9-8-12(10(2)3)7-5-6-11(13)14/h10H,4-9H2,1-3H3,(H,13,14). The molecule has 3 nitrogen and oxygen atoms in total. The normalized spacial score (nSPS) is 11.3. The van der Waals surface area contributed by atoms with E-state index in [0.717, 1.165) is 31.0 Å². The third-order valence-electron chi connectivity index (χ3n) is 2.29. The van der Waals surface area contributed by atoms with Gasteiger partial charge in [-0.05, 0) is 32.6 Å². The van der Waals surface area contributed by atoms with Crippen LogP contribution in [0.1, 0.15) is 33.6 Å². The van der Waals surface area contributed by atoms with Crippen LogP contribution in [0, 0.1) is 0 Å². The van der Waals surface area contributed by atoms with E-state index >= 15 is 0 Å². The summed E-state index contributed by atoms with van der Waals surface area (Å²) in [4.78, 5) is 12.7. The van der Waals surface area contributed by atoms with E-state index in [4.69, 9.17) is 5.11 Å².